The number of hydrogen-bond acceptors (Lipinski definition) is 10. The van der Waals surface area contributed by atoms with Crippen LogP contribution in [0.4, 0.5) is 9.59 Å². The standard InChI is InChI=1S/C49H56N8O8/c1-25(2)41(54-48(60)63-6)46(58)56-16-8-9-38(56)44-50-35-14-11-29(20-37(35)52-44)28-10-13-32-31(18-28)24-65-40-21-33-30(19-34(32)40)12-15-36-43(33)53-45(51-36)39-17-27(23-62-5)22-57(39)47(59)42(26(3)4)55-49(61)64-7/h10-15,18-21,25-27,38-39,41-42H,8-9,16-17,22-24H2,1-7H3,(H,50,52)(H,51,53)(H,54,60)(H,55,61). The third-order valence-electron chi connectivity index (χ3n) is 13.2. The van der Waals surface area contributed by atoms with E-state index in [9.17, 15) is 19.2 Å². The summed E-state index contributed by atoms with van der Waals surface area (Å²) in [5.74, 6) is 1.67. The number of hydrogen-bond donors (Lipinski definition) is 4. The third kappa shape index (κ3) is 8.19. The predicted molar refractivity (Wildman–Crippen MR) is 245 cm³/mol. The van der Waals surface area contributed by atoms with E-state index >= 15 is 0 Å². The number of aromatic nitrogens is 4. The van der Waals surface area contributed by atoms with Crippen molar-refractivity contribution in [2.75, 3.05) is 41.0 Å². The van der Waals surface area contributed by atoms with Crippen molar-refractivity contribution in [3.63, 3.8) is 0 Å². The van der Waals surface area contributed by atoms with Crippen LogP contribution >= 0.6 is 0 Å². The first-order valence-electron chi connectivity index (χ1n) is 22.4. The summed E-state index contributed by atoms with van der Waals surface area (Å²) < 4.78 is 21.6. The van der Waals surface area contributed by atoms with Gasteiger partial charge in [0.15, 0.2) is 0 Å². The SMILES string of the molecule is COCC1CC(c2nc3c(ccc4cc5c(cc43)OCc3cc(-c4ccc6nc(C7CCCN7C(=O)C(NC(=O)OC)C(C)C)[nH]c6c4)ccc3-5)[nH]2)N(C(=O)C(NC(=O)OC)C(C)C)C1. The van der Waals surface area contributed by atoms with E-state index in [1.807, 2.05) is 49.6 Å². The molecule has 2 saturated heterocycles. The summed E-state index contributed by atoms with van der Waals surface area (Å²) in [5.41, 5.74) is 8.57. The second kappa shape index (κ2) is 17.7. The Hall–Kier alpha value is -6.68. The van der Waals surface area contributed by atoms with E-state index < -0.39 is 24.3 Å². The molecule has 0 bridgehead atoms. The number of carbonyl (C=O) groups excluding carboxylic acids is 4. The molecule has 340 valence electrons. The lowest BCUT2D eigenvalue weighted by atomic mass is 9.91. The molecule has 5 heterocycles. The zero-order valence-electron chi connectivity index (χ0n) is 37.8. The molecule has 0 spiro atoms. The van der Waals surface area contributed by atoms with Crippen LogP contribution in [0.2, 0.25) is 0 Å². The van der Waals surface area contributed by atoms with Crippen LogP contribution in [0.3, 0.4) is 0 Å². The molecule has 16 nitrogen and oxygen atoms in total. The quantitative estimate of drug-likeness (QED) is 0.0999. The number of fused-ring (bicyclic) bond motifs is 7. The molecule has 65 heavy (non-hydrogen) atoms. The molecule has 0 aliphatic carbocycles. The number of alkyl carbamates (subject to hydrolysis) is 2. The van der Waals surface area contributed by atoms with Crippen molar-refractivity contribution in [1.82, 2.24) is 40.4 Å². The van der Waals surface area contributed by atoms with E-state index in [1.54, 1.807) is 7.11 Å². The summed E-state index contributed by atoms with van der Waals surface area (Å²) in [7, 11) is 4.24. The lowest BCUT2D eigenvalue weighted by molar-refractivity contribution is -0.136. The van der Waals surface area contributed by atoms with Crippen LogP contribution in [0.15, 0.2) is 60.7 Å². The van der Waals surface area contributed by atoms with Crippen molar-refractivity contribution in [2.45, 2.75) is 77.7 Å². The minimum Gasteiger partial charge on any atom is -0.488 e. The second-order valence-corrected chi connectivity index (χ2v) is 18.1. The minimum atomic E-state index is -0.760. The maximum atomic E-state index is 14.1. The van der Waals surface area contributed by atoms with Gasteiger partial charge in [0.05, 0.1) is 55.0 Å². The molecule has 2 aromatic heterocycles. The molecule has 3 aliphatic rings. The maximum absolute atomic E-state index is 14.1. The Bertz CT molecular complexity index is 2820. The van der Waals surface area contributed by atoms with Crippen LogP contribution in [0.1, 0.15) is 76.3 Å². The van der Waals surface area contributed by atoms with Crippen molar-refractivity contribution in [3.8, 4) is 28.0 Å². The number of methoxy groups -OCH3 is 3. The molecule has 2 fully saturated rings. The fourth-order valence-corrected chi connectivity index (χ4v) is 9.86. The largest absolute Gasteiger partial charge is 0.488 e. The number of likely N-dealkylation sites (tertiary alicyclic amines) is 2. The van der Waals surface area contributed by atoms with E-state index in [1.165, 1.54) is 14.2 Å². The number of imidazole rings is 2. The summed E-state index contributed by atoms with van der Waals surface area (Å²) >= 11 is 0. The predicted octanol–water partition coefficient (Wildman–Crippen LogP) is 7.78. The van der Waals surface area contributed by atoms with Gasteiger partial charge in [-0.1, -0.05) is 52.0 Å². The van der Waals surface area contributed by atoms with Crippen molar-refractivity contribution >= 4 is 56.8 Å². The minimum absolute atomic E-state index is 0.0987. The number of aromatic amines is 2. The molecule has 0 radical (unpaired) electrons. The number of H-pyrrole nitrogens is 2. The summed E-state index contributed by atoms with van der Waals surface area (Å²) in [6.07, 6.45) is 0.990. The van der Waals surface area contributed by atoms with Gasteiger partial charge in [-0.15, -0.1) is 0 Å². The van der Waals surface area contributed by atoms with Crippen molar-refractivity contribution in [3.05, 3.63) is 77.9 Å². The van der Waals surface area contributed by atoms with Gasteiger partial charge in [0, 0.05) is 37.1 Å². The highest BCUT2D eigenvalue weighted by atomic mass is 16.5. The summed E-state index contributed by atoms with van der Waals surface area (Å²) in [6.45, 7) is 9.56. The molecule has 4 N–H and O–H groups in total. The Morgan fingerprint density at radius 2 is 1.45 bits per heavy atom. The van der Waals surface area contributed by atoms with Crippen LogP contribution in [-0.4, -0.2) is 107 Å². The highest BCUT2D eigenvalue weighted by molar-refractivity contribution is 6.07. The van der Waals surface area contributed by atoms with Gasteiger partial charge in [-0.2, -0.15) is 0 Å². The zero-order chi connectivity index (χ0) is 45.7. The first kappa shape index (κ1) is 43.6. The van der Waals surface area contributed by atoms with Crippen molar-refractivity contribution < 1.29 is 38.1 Å². The van der Waals surface area contributed by atoms with Gasteiger partial charge < -0.3 is 49.3 Å². The molecule has 4 aromatic carbocycles. The van der Waals surface area contributed by atoms with Crippen LogP contribution in [0.25, 0.3) is 55.1 Å². The summed E-state index contributed by atoms with van der Waals surface area (Å²) in [4.78, 5) is 72.8. The molecular weight excluding hydrogens is 829 g/mol. The first-order chi connectivity index (χ1) is 31.3. The number of amides is 4. The molecule has 16 heteroatoms. The van der Waals surface area contributed by atoms with Gasteiger partial charge in [-0.25, -0.2) is 19.6 Å². The number of nitrogens with one attached hydrogen (secondary N) is 4. The van der Waals surface area contributed by atoms with Crippen LogP contribution in [0.5, 0.6) is 5.75 Å². The third-order valence-corrected chi connectivity index (χ3v) is 13.2. The topological polar surface area (TPSA) is 193 Å². The number of nitrogens with zero attached hydrogens (tertiary/aromatic N) is 4. The van der Waals surface area contributed by atoms with E-state index in [-0.39, 0.29) is 41.7 Å². The zero-order valence-corrected chi connectivity index (χ0v) is 37.8. The fourth-order valence-electron chi connectivity index (χ4n) is 9.86. The van der Waals surface area contributed by atoms with E-state index in [4.69, 9.17) is 28.9 Å². The van der Waals surface area contributed by atoms with Gasteiger partial charge in [0.1, 0.15) is 36.1 Å². The Balaban J connectivity index is 0.972. The molecular formula is C49H56N8O8. The molecule has 9 rings (SSSR count). The Kier molecular flexibility index (Phi) is 11.9. The van der Waals surface area contributed by atoms with E-state index in [2.05, 4.69) is 69.1 Å². The number of benzene rings is 4. The fraction of sp³-hybridized carbons (Fsp3) is 0.429. The van der Waals surface area contributed by atoms with E-state index in [0.29, 0.717) is 38.5 Å². The highest BCUT2D eigenvalue weighted by Crippen LogP contribution is 2.44. The lowest BCUT2D eigenvalue weighted by Gasteiger charge is -2.30. The van der Waals surface area contributed by atoms with Crippen LogP contribution < -0.4 is 15.4 Å². The average Bonchev–Trinajstić information content (AvgIpc) is 4.14. The Labute approximate surface area is 376 Å². The molecule has 4 amide bonds. The monoisotopic (exact) mass is 884 g/mol. The van der Waals surface area contributed by atoms with Crippen molar-refractivity contribution in [1.29, 1.82) is 0 Å². The normalized spacial score (nSPS) is 19.1. The second-order valence-electron chi connectivity index (χ2n) is 18.1. The van der Waals surface area contributed by atoms with Gasteiger partial charge >= 0.3 is 12.2 Å². The van der Waals surface area contributed by atoms with Crippen molar-refractivity contribution in [2.24, 2.45) is 17.8 Å². The molecule has 5 atom stereocenters. The number of ether oxygens (including phenoxy) is 4. The lowest BCUT2D eigenvalue weighted by Crippen LogP contribution is -2.51. The van der Waals surface area contributed by atoms with Gasteiger partial charge in [-0.3, -0.25) is 9.59 Å². The van der Waals surface area contributed by atoms with Crippen LogP contribution in [0, 0.1) is 17.8 Å². The summed E-state index contributed by atoms with van der Waals surface area (Å²) in [5, 5.41) is 7.40. The van der Waals surface area contributed by atoms with Crippen LogP contribution in [-0.2, 0) is 30.4 Å². The summed E-state index contributed by atoms with van der Waals surface area (Å²) in [6, 6.07) is 18.9. The highest BCUT2D eigenvalue weighted by Gasteiger charge is 2.42. The van der Waals surface area contributed by atoms with Gasteiger partial charge in [0.25, 0.3) is 0 Å². The number of rotatable bonds is 11. The Morgan fingerprint density at radius 3 is 2.15 bits per heavy atom. The maximum Gasteiger partial charge on any atom is 0.407 e. The molecule has 6 aromatic rings. The molecule has 0 saturated carbocycles. The molecule has 5 unspecified atom stereocenters. The van der Waals surface area contributed by atoms with Gasteiger partial charge in [-0.05, 0) is 95.1 Å². The van der Waals surface area contributed by atoms with E-state index in [0.717, 1.165) is 85.1 Å². The Morgan fingerprint density at radius 1 is 0.769 bits per heavy atom. The average molecular weight is 885 g/mol. The smallest absolute Gasteiger partial charge is 0.407 e. The molecule has 3 aliphatic heterocycles. The number of carbonyl (C=O) groups is 4. The first-order valence-corrected chi connectivity index (χ1v) is 22.4. The van der Waals surface area contributed by atoms with Gasteiger partial charge in [0.2, 0.25) is 11.8 Å².